The van der Waals surface area contributed by atoms with E-state index in [0.717, 1.165) is 22.5 Å². The van der Waals surface area contributed by atoms with Crippen molar-refractivity contribution in [2.24, 2.45) is 0 Å². The molecule has 0 aliphatic rings. The molecule has 3 aromatic rings. The zero-order valence-corrected chi connectivity index (χ0v) is 17.2. The summed E-state index contributed by atoms with van der Waals surface area (Å²) in [6, 6.07) is 13.7. The molecule has 1 N–H and O–H groups in total. The van der Waals surface area contributed by atoms with E-state index in [1.807, 2.05) is 31.2 Å². The normalized spacial score (nSPS) is 11.7. The molecule has 0 spiro atoms. The number of thiazole rings is 1. The molecule has 0 aliphatic heterocycles. The average Bonchev–Trinajstić information content (AvgIpc) is 3.09. The fraction of sp³-hybridized carbons (Fsp3) is 0.227. The molecule has 1 aromatic heterocycles. The molecule has 1 amide bonds. The number of nitrogens with one attached hydrogen (secondary N) is 1. The van der Waals surface area contributed by atoms with Crippen molar-refractivity contribution in [2.45, 2.75) is 33.4 Å². The molecule has 150 valence electrons. The SMILES string of the molecule is Cc1ccc(CNC(=O)[C@H](C)OC(=O)c2sc(-c3ccc(F)cc3)nc2C)cc1. The molecule has 0 radical (unpaired) electrons. The minimum absolute atomic E-state index is 0.322. The van der Waals surface area contributed by atoms with Crippen molar-refractivity contribution in [3.05, 3.63) is 76.0 Å². The van der Waals surface area contributed by atoms with Gasteiger partial charge in [-0.25, -0.2) is 14.2 Å². The zero-order chi connectivity index (χ0) is 21.0. The van der Waals surface area contributed by atoms with Gasteiger partial charge >= 0.3 is 5.97 Å². The first-order chi connectivity index (χ1) is 13.8. The third-order valence-corrected chi connectivity index (χ3v) is 5.50. The van der Waals surface area contributed by atoms with Crippen LogP contribution in [0.2, 0.25) is 0 Å². The molecule has 0 saturated carbocycles. The topological polar surface area (TPSA) is 68.3 Å². The van der Waals surface area contributed by atoms with E-state index in [9.17, 15) is 14.0 Å². The molecule has 7 heteroatoms. The van der Waals surface area contributed by atoms with Gasteiger partial charge in [0.2, 0.25) is 0 Å². The quantitative estimate of drug-likeness (QED) is 0.608. The van der Waals surface area contributed by atoms with E-state index >= 15 is 0 Å². The summed E-state index contributed by atoms with van der Waals surface area (Å²) in [6.45, 7) is 5.57. The van der Waals surface area contributed by atoms with Crippen molar-refractivity contribution in [2.75, 3.05) is 0 Å². The molecular weight excluding hydrogens is 391 g/mol. The van der Waals surface area contributed by atoms with E-state index in [0.29, 0.717) is 27.7 Å². The van der Waals surface area contributed by atoms with E-state index in [1.54, 1.807) is 19.1 Å². The van der Waals surface area contributed by atoms with Gasteiger partial charge in [-0.2, -0.15) is 0 Å². The number of aryl methyl sites for hydroxylation is 2. The van der Waals surface area contributed by atoms with Gasteiger partial charge in [-0.3, -0.25) is 4.79 Å². The standard InChI is InChI=1S/C22H21FN2O3S/c1-13-4-6-16(7-5-13)12-24-20(26)15(3)28-22(27)19-14(2)25-21(29-19)17-8-10-18(23)11-9-17/h4-11,15H,12H2,1-3H3,(H,24,26)/t15-/m0/s1. The first-order valence-electron chi connectivity index (χ1n) is 9.11. The van der Waals surface area contributed by atoms with Crippen LogP contribution in [0, 0.1) is 19.7 Å². The number of hydrogen-bond donors (Lipinski definition) is 1. The monoisotopic (exact) mass is 412 g/mol. The highest BCUT2D eigenvalue weighted by Gasteiger charge is 2.23. The number of esters is 1. The Hall–Kier alpha value is -3.06. The lowest BCUT2D eigenvalue weighted by molar-refractivity contribution is -0.129. The van der Waals surface area contributed by atoms with E-state index in [1.165, 1.54) is 19.1 Å². The van der Waals surface area contributed by atoms with E-state index in [2.05, 4.69) is 10.3 Å². The maximum Gasteiger partial charge on any atom is 0.351 e. The summed E-state index contributed by atoms with van der Waals surface area (Å²) < 4.78 is 18.4. The number of hydrogen-bond acceptors (Lipinski definition) is 5. The second-order valence-electron chi connectivity index (χ2n) is 6.69. The Morgan fingerprint density at radius 1 is 1.10 bits per heavy atom. The van der Waals surface area contributed by atoms with Crippen LogP contribution in [0.25, 0.3) is 10.6 Å². The summed E-state index contributed by atoms with van der Waals surface area (Å²) in [5, 5.41) is 3.35. The van der Waals surface area contributed by atoms with E-state index in [-0.39, 0.29) is 11.7 Å². The maximum atomic E-state index is 13.1. The Labute approximate surface area is 172 Å². The number of carbonyl (C=O) groups excluding carboxylic acids is 2. The summed E-state index contributed by atoms with van der Waals surface area (Å²) >= 11 is 1.15. The number of benzene rings is 2. The highest BCUT2D eigenvalue weighted by Crippen LogP contribution is 2.28. The molecule has 29 heavy (non-hydrogen) atoms. The van der Waals surface area contributed by atoms with Crippen LogP contribution in [-0.2, 0) is 16.1 Å². The molecule has 2 aromatic carbocycles. The third-order valence-electron chi connectivity index (χ3n) is 4.31. The van der Waals surface area contributed by atoms with Crippen molar-refractivity contribution < 1.29 is 18.7 Å². The van der Waals surface area contributed by atoms with Crippen LogP contribution in [0.4, 0.5) is 4.39 Å². The smallest absolute Gasteiger partial charge is 0.351 e. The number of carbonyl (C=O) groups is 2. The number of nitrogens with zero attached hydrogens (tertiary/aromatic N) is 1. The predicted molar refractivity (Wildman–Crippen MR) is 110 cm³/mol. The largest absolute Gasteiger partial charge is 0.448 e. The van der Waals surface area contributed by atoms with Gasteiger partial charge in [0.25, 0.3) is 5.91 Å². The first kappa shape index (κ1) is 20.7. The van der Waals surface area contributed by atoms with Gasteiger partial charge in [-0.15, -0.1) is 11.3 Å². The maximum absolute atomic E-state index is 13.1. The molecule has 5 nitrogen and oxygen atoms in total. The summed E-state index contributed by atoms with van der Waals surface area (Å²) in [6.07, 6.45) is -0.941. The highest BCUT2D eigenvalue weighted by molar-refractivity contribution is 7.17. The summed E-state index contributed by atoms with van der Waals surface area (Å²) in [4.78, 5) is 29.4. The van der Waals surface area contributed by atoms with Crippen LogP contribution in [0.3, 0.4) is 0 Å². The lowest BCUT2D eigenvalue weighted by atomic mass is 10.1. The van der Waals surface area contributed by atoms with Crippen molar-refractivity contribution in [3.63, 3.8) is 0 Å². The fourth-order valence-electron chi connectivity index (χ4n) is 2.61. The molecule has 0 saturated heterocycles. The number of ether oxygens (including phenoxy) is 1. The molecule has 0 unspecified atom stereocenters. The minimum atomic E-state index is -0.941. The van der Waals surface area contributed by atoms with Gasteiger partial charge in [0, 0.05) is 12.1 Å². The molecular formula is C22H21FN2O3S. The van der Waals surface area contributed by atoms with Crippen molar-refractivity contribution >= 4 is 23.2 Å². The summed E-state index contributed by atoms with van der Waals surface area (Å²) in [7, 11) is 0. The van der Waals surface area contributed by atoms with Gasteiger partial charge in [0.1, 0.15) is 15.7 Å². The van der Waals surface area contributed by atoms with Crippen molar-refractivity contribution in [3.8, 4) is 10.6 Å². The van der Waals surface area contributed by atoms with Crippen LogP contribution >= 0.6 is 11.3 Å². The van der Waals surface area contributed by atoms with Crippen LogP contribution in [0.15, 0.2) is 48.5 Å². The Balaban J connectivity index is 1.61. The molecule has 0 aliphatic carbocycles. The minimum Gasteiger partial charge on any atom is -0.448 e. The van der Waals surface area contributed by atoms with E-state index in [4.69, 9.17) is 4.74 Å². The molecule has 1 atom stereocenters. The number of aromatic nitrogens is 1. The molecule has 3 rings (SSSR count). The Morgan fingerprint density at radius 3 is 2.41 bits per heavy atom. The molecule has 0 fully saturated rings. The number of halogens is 1. The van der Waals surface area contributed by atoms with Crippen molar-refractivity contribution in [1.29, 1.82) is 0 Å². The molecule has 1 heterocycles. The van der Waals surface area contributed by atoms with Crippen molar-refractivity contribution in [1.82, 2.24) is 10.3 Å². The Morgan fingerprint density at radius 2 is 1.76 bits per heavy atom. The van der Waals surface area contributed by atoms with Crippen LogP contribution in [-0.4, -0.2) is 23.0 Å². The highest BCUT2D eigenvalue weighted by atomic mass is 32.1. The summed E-state index contributed by atoms with van der Waals surface area (Å²) in [5.74, 6) is -1.32. The van der Waals surface area contributed by atoms with Gasteiger partial charge < -0.3 is 10.1 Å². The zero-order valence-electron chi connectivity index (χ0n) is 16.4. The first-order valence-corrected chi connectivity index (χ1v) is 9.92. The van der Waals surface area contributed by atoms with Crippen LogP contribution < -0.4 is 5.32 Å². The second-order valence-corrected chi connectivity index (χ2v) is 7.69. The summed E-state index contributed by atoms with van der Waals surface area (Å²) in [5.41, 5.74) is 3.32. The van der Waals surface area contributed by atoms with Crippen LogP contribution in [0.1, 0.15) is 33.4 Å². The average molecular weight is 412 g/mol. The molecule has 0 bridgehead atoms. The second kappa shape index (κ2) is 8.96. The number of amides is 1. The lowest BCUT2D eigenvalue weighted by Gasteiger charge is -2.13. The van der Waals surface area contributed by atoms with Gasteiger partial charge in [-0.05, 0) is 50.6 Å². The Kier molecular flexibility index (Phi) is 6.39. The van der Waals surface area contributed by atoms with Crippen LogP contribution in [0.5, 0.6) is 0 Å². The number of rotatable bonds is 6. The van der Waals surface area contributed by atoms with Gasteiger partial charge in [0.15, 0.2) is 6.10 Å². The third kappa shape index (κ3) is 5.26. The lowest BCUT2D eigenvalue weighted by Crippen LogP contribution is -2.35. The van der Waals surface area contributed by atoms with Gasteiger partial charge in [-0.1, -0.05) is 29.8 Å². The van der Waals surface area contributed by atoms with E-state index < -0.39 is 12.1 Å². The predicted octanol–water partition coefficient (Wildman–Crippen LogP) is 4.43. The van der Waals surface area contributed by atoms with Gasteiger partial charge in [0.05, 0.1) is 5.69 Å². The Bertz CT molecular complexity index is 1010. The fourth-order valence-corrected chi connectivity index (χ4v) is 3.56.